The summed E-state index contributed by atoms with van der Waals surface area (Å²) in [6, 6.07) is 30.3. The van der Waals surface area contributed by atoms with Crippen molar-refractivity contribution in [1.29, 1.82) is 0 Å². The van der Waals surface area contributed by atoms with Crippen LogP contribution in [0.3, 0.4) is 0 Å². The summed E-state index contributed by atoms with van der Waals surface area (Å²) in [5, 5.41) is 26.5. The number of carbonyl (C=O) groups excluding carboxylic acids is 1. The highest BCUT2D eigenvalue weighted by Crippen LogP contribution is 2.49. The maximum absolute atomic E-state index is 12.3. The molecule has 0 saturated carbocycles. The first-order valence-electron chi connectivity index (χ1n) is 15.3. The Hall–Kier alpha value is -4.34. The first kappa shape index (κ1) is 31.6. The molecular formula is C36H36B2O8. The number of hydrogen-bond donors (Lipinski definition) is 2. The number of ether oxygens (including phenoxy) is 3. The maximum atomic E-state index is 12.3. The van der Waals surface area contributed by atoms with Crippen LogP contribution in [0.15, 0.2) is 97.1 Å². The van der Waals surface area contributed by atoms with Crippen molar-refractivity contribution >= 4 is 52.7 Å². The van der Waals surface area contributed by atoms with Crippen molar-refractivity contribution in [3.63, 3.8) is 0 Å². The van der Waals surface area contributed by atoms with E-state index in [1.807, 2.05) is 54.6 Å². The molecule has 0 aromatic heterocycles. The molecule has 0 amide bonds. The summed E-state index contributed by atoms with van der Waals surface area (Å²) in [6.45, 7) is 3.09. The molecule has 0 radical (unpaired) electrons. The van der Waals surface area contributed by atoms with Gasteiger partial charge in [0.1, 0.15) is 17.6 Å². The molecule has 1 unspecified atom stereocenters. The van der Waals surface area contributed by atoms with Crippen molar-refractivity contribution in [2.75, 3.05) is 14.2 Å². The summed E-state index contributed by atoms with van der Waals surface area (Å²) in [7, 11) is 0.661. The van der Waals surface area contributed by atoms with Crippen molar-refractivity contribution in [1.82, 2.24) is 0 Å². The van der Waals surface area contributed by atoms with Crippen LogP contribution < -0.4 is 20.4 Å². The number of fused-ring (bicyclic) bond motifs is 3. The summed E-state index contributed by atoms with van der Waals surface area (Å²) in [5.74, 6) is 0.866. The third-order valence-corrected chi connectivity index (χ3v) is 8.84. The van der Waals surface area contributed by atoms with Crippen molar-refractivity contribution in [3.05, 3.63) is 108 Å². The van der Waals surface area contributed by atoms with Crippen LogP contribution in [0.1, 0.15) is 37.5 Å². The molecule has 3 atom stereocenters. The van der Waals surface area contributed by atoms with E-state index in [-0.39, 0.29) is 12.8 Å². The normalized spacial score (nSPS) is 18.1. The number of benzene rings is 5. The van der Waals surface area contributed by atoms with Crippen LogP contribution in [-0.4, -0.2) is 56.2 Å². The monoisotopic (exact) mass is 618 g/mol. The average molecular weight is 618 g/mol. The van der Waals surface area contributed by atoms with Gasteiger partial charge in [0.15, 0.2) is 0 Å². The predicted molar refractivity (Wildman–Crippen MR) is 180 cm³/mol. The lowest BCUT2D eigenvalue weighted by molar-refractivity contribution is -0.163. The van der Waals surface area contributed by atoms with Gasteiger partial charge in [-0.25, -0.2) is 0 Å². The van der Waals surface area contributed by atoms with Gasteiger partial charge in [-0.2, -0.15) is 0 Å². The Morgan fingerprint density at radius 2 is 1.50 bits per heavy atom. The molecule has 6 rings (SSSR count). The molecule has 1 aliphatic carbocycles. The Labute approximate surface area is 269 Å². The number of carbonyl (C=O) groups is 1. The Bertz CT molecular complexity index is 1850. The maximum Gasteiger partial charge on any atom is 0.491 e. The van der Waals surface area contributed by atoms with E-state index >= 15 is 0 Å². The van der Waals surface area contributed by atoms with Crippen LogP contribution in [0.2, 0.25) is 0 Å². The van der Waals surface area contributed by atoms with Crippen molar-refractivity contribution in [3.8, 4) is 11.5 Å². The molecule has 0 spiro atoms. The summed E-state index contributed by atoms with van der Waals surface area (Å²) in [5.41, 5.74) is 1.46. The molecule has 2 N–H and O–H groups in total. The minimum Gasteiger partial charge on any atom is -0.497 e. The standard InChI is InChI=1S/C36H36B2O8/c1-23(44-24(2)39)36(46-38(41)29-13-9-6-10-14-29)21-33-32(34(22-36)45-37(40)28-11-7-5-8-12-28)20-27-17-25-15-16-30(42-3)18-26(25)19-31(27)35(33)43-4/h5-20,23,34,40-41H,21-22H2,1-4H3/t23?,34-,36-/m0/s1. The fraction of sp³-hybridized carbons (Fsp3) is 0.250. The smallest absolute Gasteiger partial charge is 0.491 e. The first-order chi connectivity index (χ1) is 22.2. The average Bonchev–Trinajstić information content (AvgIpc) is 3.06. The van der Waals surface area contributed by atoms with Crippen molar-refractivity contribution < 1.29 is 38.4 Å². The van der Waals surface area contributed by atoms with Crippen LogP contribution in [0.5, 0.6) is 11.5 Å². The Morgan fingerprint density at radius 3 is 2.13 bits per heavy atom. The third kappa shape index (κ3) is 6.21. The lowest BCUT2D eigenvalue weighted by Crippen LogP contribution is -2.56. The van der Waals surface area contributed by atoms with E-state index in [1.54, 1.807) is 45.4 Å². The highest BCUT2D eigenvalue weighted by molar-refractivity contribution is 6.60. The minimum absolute atomic E-state index is 0.168. The zero-order valence-corrected chi connectivity index (χ0v) is 26.3. The second-order valence-electron chi connectivity index (χ2n) is 11.7. The molecule has 46 heavy (non-hydrogen) atoms. The highest BCUT2D eigenvalue weighted by Gasteiger charge is 2.50. The van der Waals surface area contributed by atoms with Gasteiger partial charge in [-0.1, -0.05) is 66.7 Å². The molecule has 234 valence electrons. The molecule has 1 aliphatic rings. The van der Waals surface area contributed by atoms with Crippen LogP contribution >= 0.6 is 0 Å². The summed E-state index contributed by atoms with van der Waals surface area (Å²) in [4.78, 5) is 12.3. The lowest BCUT2D eigenvalue weighted by atomic mass is 9.70. The van der Waals surface area contributed by atoms with Crippen LogP contribution in [-0.2, 0) is 25.3 Å². The van der Waals surface area contributed by atoms with Gasteiger partial charge in [0, 0.05) is 30.7 Å². The molecule has 0 bridgehead atoms. The van der Waals surface area contributed by atoms with Gasteiger partial charge < -0.3 is 33.6 Å². The fourth-order valence-electron chi connectivity index (χ4n) is 6.52. The molecule has 0 saturated heterocycles. The lowest BCUT2D eigenvalue weighted by Gasteiger charge is -2.46. The van der Waals surface area contributed by atoms with Crippen LogP contribution in [0, 0.1) is 0 Å². The number of hydrogen-bond acceptors (Lipinski definition) is 8. The summed E-state index contributed by atoms with van der Waals surface area (Å²) < 4.78 is 30.4. The third-order valence-electron chi connectivity index (χ3n) is 8.84. The molecule has 8 nitrogen and oxygen atoms in total. The second-order valence-corrected chi connectivity index (χ2v) is 11.7. The van der Waals surface area contributed by atoms with E-state index in [2.05, 4.69) is 18.2 Å². The number of rotatable bonds is 10. The quantitative estimate of drug-likeness (QED) is 0.134. The minimum atomic E-state index is -1.33. The van der Waals surface area contributed by atoms with Crippen molar-refractivity contribution in [2.45, 2.75) is 44.5 Å². The summed E-state index contributed by atoms with van der Waals surface area (Å²) in [6.07, 6.45) is -1.14. The zero-order chi connectivity index (χ0) is 32.4. The predicted octanol–water partition coefficient (Wildman–Crippen LogP) is 4.50. The molecule has 5 aromatic carbocycles. The summed E-state index contributed by atoms with van der Waals surface area (Å²) >= 11 is 0. The van der Waals surface area contributed by atoms with Gasteiger partial charge in [0.05, 0.1) is 25.9 Å². The van der Waals surface area contributed by atoms with E-state index in [9.17, 15) is 14.8 Å². The number of methoxy groups -OCH3 is 2. The topological polar surface area (TPSA) is 104 Å². The van der Waals surface area contributed by atoms with Crippen LogP contribution in [0.4, 0.5) is 0 Å². The van der Waals surface area contributed by atoms with Gasteiger partial charge in [0.2, 0.25) is 0 Å². The molecule has 0 heterocycles. The Kier molecular flexibility index (Phi) is 9.06. The molecule has 10 heteroatoms. The number of esters is 1. The van der Waals surface area contributed by atoms with Gasteiger partial charge in [-0.15, -0.1) is 0 Å². The highest BCUT2D eigenvalue weighted by atomic mass is 16.6. The first-order valence-corrected chi connectivity index (χ1v) is 15.3. The van der Waals surface area contributed by atoms with Gasteiger partial charge in [0.25, 0.3) is 0 Å². The van der Waals surface area contributed by atoms with Gasteiger partial charge in [-0.05, 0) is 69.9 Å². The second kappa shape index (κ2) is 13.2. The van der Waals surface area contributed by atoms with Gasteiger partial charge >= 0.3 is 20.2 Å². The molecule has 5 aromatic rings. The van der Waals surface area contributed by atoms with E-state index < -0.39 is 38.0 Å². The largest absolute Gasteiger partial charge is 0.497 e. The fourth-order valence-corrected chi connectivity index (χ4v) is 6.52. The Balaban J connectivity index is 1.54. The van der Waals surface area contributed by atoms with E-state index in [1.165, 1.54) is 6.92 Å². The molecule has 0 fully saturated rings. The van der Waals surface area contributed by atoms with E-state index in [4.69, 9.17) is 23.5 Å². The van der Waals surface area contributed by atoms with E-state index in [0.29, 0.717) is 16.7 Å². The molecule has 0 aliphatic heterocycles. The van der Waals surface area contributed by atoms with Crippen molar-refractivity contribution in [2.24, 2.45) is 0 Å². The van der Waals surface area contributed by atoms with E-state index in [0.717, 1.165) is 38.4 Å². The van der Waals surface area contributed by atoms with Gasteiger partial charge in [-0.3, -0.25) is 4.79 Å². The Morgan fingerprint density at radius 1 is 0.826 bits per heavy atom. The SMILES string of the molecule is COc1ccc2cc3cc4c(c(OC)c3cc2c1)C[C@@](OB(O)c1ccccc1)(C(C)OC(C)=O)C[C@@H]4OB(O)c1ccccc1. The molecular weight excluding hydrogens is 582 g/mol. The zero-order valence-electron chi connectivity index (χ0n) is 26.3. The van der Waals surface area contributed by atoms with Crippen LogP contribution in [0.25, 0.3) is 21.5 Å².